The number of amidine groups is 1. The summed E-state index contributed by atoms with van der Waals surface area (Å²) >= 11 is 5.70. The predicted molar refractivity (Wildman–Crippen MR) is 98.4 cm³/mol. The zero-order valence-electron chi connectivity index (χ0n) is 15.0. The molecule has 30 heavy (non-hydrogen) atoms. The van der Waals surface area contributed by atoms with Gasteiger partial charge in [0.25, 0.3) is 11.9 Å². The summed E-state index contributed by atoms with van der Waals surface area (Å²) in [5, 5.41) is 2.70. The van der Waals surface area contributed by atoms with E-state index in [1.807, 2.05) is 0 Å². The minimum absolute atomic E-state index is 0.0192. The average Bonchev–Trinajstić information content (AvgIpc) is 2.68. The first-order valence-electron chi connectivity index (χ1n) is 8.42. The molecule has 0 spiro atoms. The van der Waals surface area contributed by atoms with Crippen molar-refractivity contribution in [3.8, 4) is 0 Å². The van der Waals surface area contributed by atoms with Crippen LogP contribution in [0.2, 0.25) is 5.02 Å². The quantitative estimate of drug-likeness (QED) is 0.693. The number of anilines is 1. The number of aromatic nitrogens is 1. The first-order valence-corrected chi connectivity index (χ1v) is 8.80. The van der Waals surface area contributed by atoms with Crippen LogP contribution in [0.4, 0.5) is 27.6 Å². The number of pyridine rings is 1. The van der Waals surface area contributed by atoms with E-state index in [0.29, 0.717) is 5.02 Å². The number of aliphatic imine (C=N–C) groups is 1. The minimum atomic E-state index is -4.84. The maximum atomic E-state index is 14.5. The van der Waals surface area contributed by atoms with E-state index >= 15 is 0 Å². The fraction of sp³-hybridized carbons (Fsp3) is 0.278. The molecule has 0 bridgehead atoms. The summed E-state index contributed by atoms with van der Waals surface area (Å²) < 4.78 is 73.0. The highest BCUT2D eigenvalue weighted by atomic mass is 35.5. The molecule has 0 radical (unpaired) electrons. The maximum absolute atomic E-state index is 14.5. The molecule has 0 saturated carbocycles. The zero-order valence-corrected chi connectivity index (χ0v) is 15.8. The van der Waals surface area contributed by atoms with Gasteiger partial charge >= 0.3 is 6.18 Å². The molecule has 2 heterocycles. The first kappa shape index (κ1) is 21.8. The minimum Gasteiger partial charge on any atom is -0.451 e. The van der Waals surface area contributed by atoms with Crippen molar-refractivity contribution < 1.29 is 31.5 Å². The SMILES string of the molecule is NC1=N[C@H](C(F)(F)F)C[C@@](CF)(c2cc(NC(=O)c3ccc(Cl)cn3)ccc2F)O1. The molecule has 0 fully saturated rings. The average molecular weight is 449 g/mol. The molecule has 1 aromatic carbocycles. The molecule has 0 unspecified atom stereocenters. The van der Waals surface area contributed by atoms with Crippen molar-refractivity contribution in [2.45, 2.75) is 24.2 Å². The Morgan fingerprint density at radius 3 is 2.67 bits per heavy atom. The largest absolute Gasteiger partial charge is 0.451 e. The summed E-state index contributed by atoms with van der Waals surface area (Å²) in [4.78, 5) is 19.2. The number of hydrogen-bond acceptors (Lipinski definition) is 5. The van der Waals surface area contributed by atoms with Crippen LogP contribution in [-0.2, 0) is 10.3 Å². The number of carbonyl (C=O) groups is 1. The highest BCUT2D eigenvalue weighted by Gasteiger charge is 2.52. The van der Waals surface area contributed by atoms with Crippen molar-refractivity contribution in [3.05, 3.63) is 58.6 Å². The van der Waals surface area contributed by atoms with Crippen LogP contribution in [0.5, 0.6) is 0 Å². The Morgan fingerprint density at radius 2 is 2.07 bits per heavy atom. The number of halogens is 6. The summed E-state index contributed by atoms with van der Waals surface area (Å²) in [5.74, 6) is -1.73. The number of alkyl halides is 4. The molecule has 0 aliphatic carbocycles. The van der Waals surface area contributed by atoms with E-state index in [2.05, 4.69) is 15.3 Å². The molecular weight excluding hydrogens is 435 g/mol. The Kier molecular flexibility index (Phi) is 5.84. The predicted octanol–water partition coefficient (Wildman–Crippen LogP) is 3.96. The van der Waals surface area contributed by atoms with Crippen LogP contribution in [0.25, 0.3) is 0 Å². The van der Waals surface area contributed by atoms with Crippen LogP contribution < -0.4 is 11.1 Å². The molecule has 1 amide bonds. The summed E-state index contributed by atoms with van der Waals surface area (Å²) in [6.07, 6.45) is -4.63. The lowest BCUT2D eigenvalue weighted by molar-refractivity contribution is -0.167. The van der Waals surface area contributed by atoms with Crippen molar-refractivity contribution in [1.29, 1.82) is 0 Å². The van der Waals surface area contributed by atoms with Gasteiger partial charge in [0.2, 0.25) is 0 Å². The van der Waals surface area contributed by atoms with E-state index in [-0.39, 0.29) is 11.4 Å². The molecule has 12 heteroatoms. The highest BCUT2D eigenvalue weighted by Crippen LogP contribution is 2.42. The fourth-order valence-corrected chi connectivity index (χ4v) is 3.06. The van der Waals surface area contributed by atoms with Gasteiger partial charge in [-0.2, -0.15) is 13.2 Å². The zero-order chi connectivity index (χ0) is 22.1. The van der Waals surface area contributed by atoms with Gasteiger partial charge in [-0.1, -0.05) is 11.6 Å². The van der Waals surface area contributed by atoms with E-state index in [1.165, 1.54) is 18.3 Å². The molecule has 2 atom stereocenters. The number of benzene rings is 1. The van der Waals surface area contributed by atoms with Gasteiger partial charge in [-0.05, 0) is 30.3 Å². The van der Waals surface area contributed by atoms with Crippen LogP contribution in [0.15, 0.2) is 41.5 Å². The summed E-state index contributed by atoms with van der Waals surface area (Å²) in [6.45, 7) is -1.51. The number of rotatable bonds is 4. The van der Waals surface area contributed by atoms with Crippen molar-refractivity contribution in [1.82, 2.24) is 4.98 Å². The molecule has 1 aliphatic rings. The Morgan fingerprint density at radius 1 is 1.33 bits per heavy atom. The van der Waals surface area contributed by atoms with Crippen LogP contribution in [0.1, 0.15) is 22.5 Å². The number of ether oxygens (including phenoxy) is 1. The van der Waals surface area contributed by atoms with E-state index < -0.39 is 54.2 Å². The van der Waals surface area contributed by atoms with Gasteiger partial charge < -0.3 is 15.8 Å². The lowest BCUT2D eigenvalue weighted by Gasteiger charge is -2.38. The molecule has 160 valence electrons. The Balaban J connectivity index is 1.94. The van der Waals surface area contributed by atoms with Crippen molar-refractivity contribution in [2.75, 3.05) is 12.0 Å². The van der Waals surface area contributed by atoms with Gasteiger partial charge in [0.1, 0.15) is 18.2 Å². The lowest BCUT2D eigenvalue weighted by atomic mass is 9.86. The highest BCUT2D eigenvalue weighted by molar-refractivity contribution is 6.30. The second-order valence-corrected chi connectivity index (χ2v) is 6.91. The monoisotopic (exact) mass is 448 g/mol. The molecule has 6 nitrogen and oxygen atoms in total. The van der Waals surface area contributed by atoms with Gasteiger partial charge in [-0.15, -0.1) is 0 Å². The van der Waals surface area contributed by atoms with Crippen molar-refractivity contribution in [3.63, 3.8) is 0 Å². The summed E-state index contributed by atoms with van der Waals surface area (Å²) in [5.41, 5.74) is 2.37. The van der Waals surface area contributed by atoms with Crippen LogP contribution in [0.3, 0.4) is 0 Å². The molecular formula is C18H14ClF5N4O2. The maximum Gasteiger partial charge on any atom is 0.411 e. The molecule has 3 N–H and O–H groups in total. The van der Waals surface area contributed by atoms with Gasteiger partial charge in [-0.3, -0.25) is 4.79 Å². The fourth-order valence-electron chi connectivity index (χ4n) is 2.94. The second-order valence-electron chi connectivity index (χ2n) is 6.47. The van der Waals surface area contributed by atoms with Crippen LogP contribution in [0, 0.1) is 5.82 Å². The topological polar surface area (TPSA) is 89.6 Å². The van der Waals surface area contributed by atoms with Gasteiger partial charge in [0, 0.05) is 23.9 Å². The van der Waals surface area contributed by atoms with Crippen molar-refractivity contribution >= 4 is 29.2 Å². The molecule has 0 saturated heterocycles. The number of carbonyl (C=O) groups excluding carboxylic acids is 1. The molecule has 3 rings (SSSR count). The second kappa shape index (κ2) is 8.05. The third-order valence-corrected chi connectivity index (χ3v) is 4.60. The number of amides is 1. The first-order chi connectivity index (χ1) is 14.0. The normalized spacial score (nSPS) is 21.5. The lowest BCUT2D eigenvalue weighted by Crippen LogP contribution is -2.48. The van der Waals surface area contributed by atoms with Crippen LogP contribution >= 0.6 is 11.6 Å². The molecule has 2 aromatic rings. The third-order valence-electron chi connectivity index (χ3n) is 4.37. The summed E-state index contributed by atoms with van der Waals surface area (Å²) in [7, 11) is 0. The smallest absolute Gasteiger partial charge is 0.411 e. The van der Waals surface area contributed by atoms with Gasteiger partial charge in [0.05, 0.1) is 5.02 Å². The van der Waals surface area contributed by atoms with Crippen molar-refractivity contribution in [2.24, 2.45) is 10.7 Å². The Bertz CT molecular complexity index is 984. The Labute approximate surface area is 171 Å². The van der Waals surface area contributed by atoms with Gasteiger partial charge in [0.15, 0.2) is 11.6 Å². The third kappa shape index (κ3) is 4.45. The van der Waals surface area contributed by atoms with E-state index in [1.54, 1.807) is 0 Å². The number of nitrogens with two attached hydrogens (primary N) is 1. The summed E-state index contributed by atoms with van der Waals surface area (Å²) in [6, 6.07) is 2.46. The standard InChI is InChI=1S/C18H14ClF5N4O2/c19-9-1-4-13(26-7-9)15(29)27-10-2-3-12(21)11(5-10)17(8-20)6-14(18(22,23)24)28-16(25)30-17/h1-5,7,14H,6,8H2,(H2,25,28)(H,27,29)/t14-,17+/m0/s1. The van der Waals surface area contributed by atoms with Gasteiger partial charge in [-0.25, -0.2) is 18.8 Å². The number of nitrogens with one attached hydrogen (secondary N) is 1. The Hall–Kier alpha value is -2.95. The van der Waals surface area contributed by atoms with E-state index in [0.717, 1.165) is 18.2 Å². The molecule has 1 aliphatic heterocycles. The van der Waals surface area contributed by atoms with E-state index in [9.17, 15) is 26.7 Å². The number of hydrogen-bond donors (Lipinski definition) is 2. The number of nitrogens with zero attached hydrogens (tertiary/aromatic N) is 2. The molecule has 1 aromatic heterocycles. The van der Waals surface area contributed by atoms with Crippen LogP contribution in [-0.4, -0.2) is 35.8 Å². The van der Waals surface area contributed by atoms with E-state index in [4.69, 9.17) is 22.1 Å².